The molecule has 1 fully saturated rings. The van der Waals surface area contributed by atoms with Gasteiger partial charge in [-0.1, -0.05) is 0 Å². The molecule has 2 aromatic heterocycles. The molecule has 114 valence electrons. The summed E-state index contributed by atoms with van der Waals surface area (Å²) in [6.07, 6.45) is 5.31. The van der Waals surface area contributed by atoms with Crippen molar-refractivity contribution < 1.29 is 0 Å². The van der Waals surface area contributed by atoms with E-state index in [1.807, 2.05) is 24.7 Å². The van der Waals surface area contributed by atoms with E-state index in [0.29, 0.717) is 11.5 Å². The first kappa shape index (κ1) is 14.3. The molecule has 0 aliphatic carbocycles. The largest absolute Gasteiger partial charge is 0.364 e. The van der Waals surface area contributed by atoms with Gasteiger partial charge >= 0.3 is 0 Å². The van der Waals surface area contributed by atoms with Crippen LogP contribution in [0, 0.1) is 18.3 Å². The van der Waals surface area contributed by atoms with Crippen molar-refractivity contribution in [2.45, 2.75) is 25.8 Å². The van der Waals surface area contributed by atoms with Crippen LogP contribution < -0.4 is 10.2 Å². The summed E-state index contributed by atoms with van der Waals surface area (Å²) in [5.41, 5.74) is 1.36. The van der Waals surface area contributed by atoms with Crippen LogP contribution in [0.2, 0.25) is 0 Å². The molecule has 0 bridgehead atoms. The van der Waals surface area contributed by atoms with Gasteiger partial charge in [0.05, 0.1) is 18.1 Å². The van der Waals surface area contributed by atoms with E-state index in [1.54, 1.807) is 6.20 Å². The highest BCUT2D eigenvalue weighted by Crippen LogP contribution is 2.21. The number of rotatable bonds is 3. The van der Waals surface area contributed by atoms with Crippen LogP contribution in [0.25, 0.3) is 0 Å². The predicted octanol–water partition coefficient (Wildman–Crippen LogP) is 1.47. The lowest BCUT2D eigenvalue weighted by Crippen LogP contribution is -2.43. The van der Waals surface area contributed by atoms with E-state index >= 15 is 0 Å². The van der Waals surface area contributed by atoms with E-state index < -0.39 is 0 Å². The molecule has 7 heteroatoms. The standard InChI is InChI=1S/C15H19N7/c1-11-6-15(21(2)20-11)22-5-3-4-12(10-22)18-14-9-17-8-13(7-16)19-14/h6,8-9,12H,3-5,10H2,1-2H3,(H,18,19). The zero-order chi connectivity index (χ0) is 15.5. The van der Waals surface area contributed by atoms with Crippen molar-refractivity contribution in [2.24, 2.45) is 7.05 Å². The van der Waals surface area contributed by atoms with Crippen molar-refractivity contribution in [3.05, 3.63) is 29.8 Å². The summed E-state index contributed by atoms with van der Waals surface area (Å²) in [5.74, 6) is 1.80. The van der Waals surface area contributed by atoms with Crippen LogP contribution >= 0.6 is 0 Å². The molecule has 3 rings (SSSR count). The highest BCUT2D eigenvalue weighted by atomic mass is 15.4. The lowest BCUT2D eigenvalue weighted by atomic mass is 10.1. The van der Waals surface area contributed by atoms with E-state index in [0.717, 1.165) is 37.4 Å². The van der Waals surface area contributed by atoms with Gasteiger partial charge in [0.1, 0.15) is 17.7 Å². The molecule has 1 N–H and O–H groups in total. The zero-order valence-corrected chi connectivity index (χ0v) is 12.8. The maximum Gasteiger partial charge on any atom is 0.161 e. The first-order chi connectivity index (χ1) is 10.7. The predicted molar refractivity (Wildman–Crippen MR) is 83.5 cm³/mol. The summed E-state index contributed by atoms with van der Waals surface area (Å²) in [4.78, 5) is 10.6. The first-order valence-electron chi connectivity index (χ1n) is 7.40. The van der Waals surface area contributed by atoms with E-state index in [9.17, 15) is 0 Å². The number of hydrogen-bond acceptors (Lipinski definition) is 6. The van der Waals surface area contributed by atoms with E-state index in [4.69, 9.17) is 5.26 Å². The molecular weight excluding hydrogens is 278 g/mol. The van der Waals surface area contributed by atoms with Gasteiger partial charge in [-0.3, -0.25) is 9.67 Å². The molecule has 1 saturated heterocycles. The van der Waals surface area contributed by atoms with Crippen LogP contribution in [0.4, 0.5) is 11.6 Å². The normalized spacial score (nSPS) is 18.0. The van der Waals surface area contributed by atoms with Crippen LogP contribution in [-0.4, -0.2) is 38.9 Å². The number of piperidine rings is 1. The maximum absolute atomic E-state index is 8.89. The molecule has 1 unspecified atom stereocenters. The van der Waals surface area contributed by atoms with Crippen LogP contribution in [0.15, 0.2) is 18.5 Å². The Morgan fingerprint density at radius 2 is 2.27 bits per heavy atom. The third-order valence-corrected chi connectivity index (χ3v) is 3.82. The fourth-order valence-electron chi connectivity index (χ4n) is 2.89. The summed E-state index contributed by atoms with van der Waals surface area (Å²) in [7, 11) is 1.97. The van der Waals surface area contributed by atoms with Gasteiger partial charge in [-0.05, 0) is 19.8 Å². The molecule has 22 heavy (non-hydrogen) atoms. The van der Waals surface area contributed by atoms with Crippen molar-refractivity contribution in [2.75, 3.05) is 23.3 Å². The second-order valence-corrected chi connectivity index (χ2v) is 5.60. The van der Waals surface area contributed by atoms with Gasteiger partial charge in [0.2, 0.25) is 0 Å². The Labute approximate surface area is 129 Å². The lowest BCUT2D eigenvalue weighted by Gasteiger charge is -2.34. The Morgan fingerprint density at radius 1 is 1.41 bits per heavy atom. The van der Waals surface area contributed by atoms with Gasteiger partial charge in [0.15, 0.2) is 5.69 Å². The molecule has 0 amide bonds. The number of nitrogens with zero attached hydrogens (tertiary/aromatic N) is 6. The minimum Gasteiger partial charge on any atom is -0.364 e. The number of anilines is 2. The van der Waals surface area contributed by atoms with Gasteiger partial charge < -0.3 is 10.2 Å². The quantitative estimate of drug-likeness (QED) is 0.923. The molecule has 2 aromatic rings. The first-order valence-corrected chi connectivity index (χ1v) is 7.40. The van der Waals surface area contributed by atoms with Crippen molar-refractivity contribution in [3.8, 4) is 6.07 Å². The minimum absolute atomic E-state index is 0.284. The van der Waals surface area contributed by atoms with E-state index in [2.05, 4.69) is 31.3 Å². The summed E-state index contributed by atoms with van der Waals surface area (Å²) in [5, 5.41) is 16.7. The molecule has 0 aromatic carbocycles. The monoisotopic (exact) mass is 297 g/mol. The molecule has 7 nitrogen and oxygen atoms in total. The number of aromatic nitrogens is 4. The van der Waals surface area contributed by atoms with Crippen LogP contribution in [0.1, 0.15) is 24.2 Å². The summed E-state index contributed by atoms with van der Waals surface area (Å²) in [6, 6.07) is 4.41. The second-order valence-electron chi connectivity index (χ2n) is 5.60. The third kappa shape index (κ3) is 3.01. The third-order valence-electron chi connectivity index (χ3n) is 3.82. The van der Waals surface area contributed by atoms with Crippen molar-refractivity contribution >= 4 is 11.6 Å². The fraction of sp³-hybridized carbons (Fsp3) is 0.467. The number of aryl methyl sites for hydroxylation is 2. The molecular formula is C15H19N7. The summed E-state index contributed by atoms with van der Waals surface area (Å²) in [6.45, 7) is 3.92. The summed E-state index contributed by atoms with van der Waals surface area (Å²) < 4.78 is 1.92. The molecule has 0 spiro atoms. The van der Waals surface area contributed by atoms with Crippen LogP contribution in [-0.2, 0) is 7.05 Å². The molecule has 0 radical (unpaired) electrons. The zero-order valence-electron chi connectivity index (χ0n) is 12.8. The summed E-state index contributed by atoms with van der Waals surface area (Å²) >= 11 is 0. The molecule has 1 aliphatic heterocycles. The number of hydrogen-bond donors (Lipinski definition) is 1. The Bertz CT molecular complexity index is 700. The Balaban J connectivity index is 1.70. The lowest BCUT2D eigenvalue weighted by molar-refractivity contribution is 0.517. The van der Waals surface area contributed by atoms with Gasteiger partial charge in [0.25, 0.3) is 0 Å². The average molecular weight is 297 g/mol. The maximum atomic E-state index is 8.89. The highest BCUT2D eigenvalue weighted by molar-refractivity contribution is 5.43. The molecule has 1 aliphatic rings. The molecule has 0 saturated carbocycles. The minimum atomic E-state index is 0.284. The fourth-order valence-corrected chi connectivity index (χ4v) is 2.89. The molecule has 3 heterocycles. The van der Waals surface area contributed by atoms with Crippen molar-refractivity contribution in [3.63, 3.8) is 0 Å². The Kier molecular flexibility index (Phi) is 3.92. The van der Waals surface area contributed by atoms with E-state index in [1.165, 1.54) is 6.20 Å². The highest BCUT2D eigenvalue weighted by Gasteiger charge is 2.22. The SMILES string of the molecule is Cc1cc(N2CCCC(Nc3cncc(C#N)n3)C2)n(C)n1. The van der Waals surface area contributed by atoms with E-state index in [-0.39, 0.29) is 6.04 Å². The van der Waals surface area contributed by atoms with Crippen LogP contribution in [0.3, 0.4) is 0 Å². The average Bonchev–Trinajstić information content (AvgIpc) is 2.86. The van der Waals surface area contributed by atoms with Gasteiger partial charge in [-0.25, -0.2) is 4.98 Å². The molecule has 1 atom stereocenters. The van der Waals surface area contributed by atoms with Gasteiger partial charge in [-0.15, -0.1) is 0 Å². The number of nitrogens with one attached hydrogen (secondary N) is 1. The Hall–Kier alpha value is -2.62. The smallest absolute Gasteiger partial charge is 0.161 e. The van der Waals surface area contributed by atoms with Crippen molar-refractivity contribution in [1.29, 1.82) is 5.26 Å². The Morgan fingerprint density at radius 3 is 3.00 bits per heavy atom. The topological polar surface area (TPSA) is 82.7 Å². The van der Waals surface area contributed by atoms with Gasteiger partial charge in [0, 0.05) is 32.2 Å². The van der Waals surface area contributed by atoms with Crippen molar-refractivity contribution in [1.82, 2.24) is 19.7 Å². The number of nitriles is 1. The van der Waals surface area contributed by atoms with Gasteiger partial charge in [-0.2, -0.15) is 10.4 Å². The van der Waals surface area contributed by atoms with Crippen LogP contribution in [0.5, 0.6) is 0 Å². The second kappa shape index (κ2) is 6.02.